The van der Waals surface area contributed by atoms with Gasteiger partial charge in [-0.15, -0.1) is 0 Å². The molecule has 13 heteroatoms. The molecular formula is C36H63Cl2N11. The van der Waals surface area contributed by atoms with E-state index in [1.54, 1.807) is 0 Å². The predicted molar refractivity (Wildman–Crippen MR) is 205 cm³/mol. The predicted octanol–water partition coefficient (Wildman–Crippen LogP) is 8.13. The number of anilines is 4. The van der Waals surface area contributed by atoms with Gasteiger partial charge in [0, 0.05) is 53.9 Å². The summed E-state index contributed by atoms with van der Waals surface area (Å²) in [5.74, 6) is 2.03. The summed E-state index contributed by atoms with van der Waals surface area (Å²) >= 11 is 13.5. The number of hydrogen-bond acceptors (Lipinski definition) is 11. The van der Waals surface area contributed by atoms with Gasteiger partial charge < -0.3 is 20.4 Å². The number of piperidine rings is 2. The van der Waals surface area contributed by atoms with Gasteiger partial charge in [-0.2, -0.15) is 29.9 Å². The summed E-state index contributed by atoms with van der Waals surface area (Å²) in [4.78, 5) is 35.7. The minimum Gasteiger partial charge on any atom is -0.338 e. The fraction of sp³-hybridized carbons (Fsp3) is 0.833. The molecule has 0 radical (unpaired) electrons. The number of aromatic nitrogens is 6. The molecule has 0 aliphatic carbocycles. The first-order valence-electron chi connectivity index (χ1n) is 18.6. The second-order valence-corrected chi connectivity index (χ2v) is 17.6. The minimum atomic E-state index is -0.0375. The standard InChI is InChI=1S/C36H63Cl2N11/c1-12-15-18-47(25-21-33(4,5)45-34(6,7)22-25)29-39-27(37)41-31(43-29)49(20-17-14-3)32-42-28(38)40-30(44-32)48(19-16-13-2)26-23-35(8,9)46-36(10,11)24-26/h25-26,45-46H,12-24H2,1-11H3. The van der Waals surface area contributed by atoms with Crippen LogP contribution in [0.2, 0.25) is 10.6 Å². The monoisotopic (exact) mass is 719 g/mol. The van der Waals surface area contributed by atoms with Crippen molar-refractivity contribution in [1.82, 2.24) is 40.5 Å². The lowest BCUT2D eigenvalue weighted by molar-refractivity contribution is 0.157. The van der Waals surface area contributed by atoms with Gasteiger partial charge in [0.2, 0.25) is 34.4 Å². The lowest BCUT2D eigenvalue weighted by atomic mass is 9.79. The van der Waals surface area contributed by atoms with E-state index in [0.717, 1.165) is 77.3 Å². The molecular weight excluding hydrogens is 657 g/mol. The molecule has 0 amide bonds. The third-order valence-corrected chi connectivity index (χ3v) is 9.96. The Bertz CT molecular complexity index is 1250. The van der Waals surface area contributed by atoms with Crippen molar-refractivity contribution in [2.24, 2.45) is 0 Å². The van der Waals surface area contributed by atoms with Gasteiger partial charge in [-0.25, -0.2) is 0 Å². The van der Waals surface area contributed by atoms with Crippen LogP contribution in [0.15, 0.2) is 0 Å². The van der Waals surface area contributed by atoms with Gasteiger partial charge in [0.15, 0.2) is 0 Å². The van der Waals surface area contributed by atoms with E-state index >= 15 is 0 Å². The number of unbranched alkanes of at least 4 members (excludes halogenated alkanes) is 3. The highest BCUT2D eigenvalue weighted by atomic mass is 35.5. The summed E-state index contributed by atoms with van der Waals surface area (Å²) in [5, 5.41) is 7.94. The van der Waals surface area contributed by atoms with Crippen LogP contribution in [0.25, 0.3) is 0 Å². The molecule has 0 aromatic carbocycles. The molecule has 4 rings (SSSR count). The molecule has 2 saturated heterocycles. The van der Waals surface area contributed by atoms with E-state index in [-0.39, 0.29) is 44.8 Å². The summed E-state index contributed by atoms with van der Waals surface area (Å²) < 4.78 is 0. The van der Waals surface area contributed by atoms with Gasteiger partial charge >= 0.3 is 0 Å². The number of rotatable bonds is 15. The highest BCUT2D eigenvalue weighted by Crippen LogP contribution is 2.36. The van der Waals surface area contributed by atoms with Crippen molar-refractivity contribution in [1.29, 1.82) is 0 Å². The summed E-state index contributed by atoms with van der Waals surface area (Å²) in [6, 6.07) is 0.467. The Morgan fingerprint density at radius 3 is 1.14 bits per heavy atom. The minimum absolute atomic E-state index is 0.0375. The van der Waals surface area contributed by atoms with Crippen LogP contribution in [-0.2, 0) is 0 Å². The molecule has 0 atom stereocenters. The third kappa shape index (κ3) is 11.0. The lowest BCUT2D eigenvalue weighted by Crippen LogP contribution is -2.62. The Morgan fingerprint density at radius 1 is 0.510 bits per heavy atom. The second kappa shape index (κ2) is 16.1. The van der Waals surface area contributed by atoms with E-state index in [9.17, 15) is 0 Å². The first-order valence-corrected chi connectivity index (χ1v) is 19.3. The van der Waals surface area contributed by atoms with Gasteiger partial charge in [-0.05, 0) is 124 Å². The maximum atomic E-state index is 6.75. The highest BCUT2D eigenvalue weighted by molar-refractivity contribution is 6.28. The zero-order valence-electron chi connectivity index (χ0n) is 32.1. The summed E-state index contributed by atoms with van der Waals surface area (Å²) in [6.07, 6.45) is 9.86. The molecule has 49 heavy (non-hydrogen) atoms. The molecule has 2 aliphatic heterocycles. The SMILES string of the molecule is CCCCN(c1nc(Cl)nc(N(CCCC)C2CC(C)(C)NC(C)(C)C2)n1)c1nc(Cl)nc(N(CCCC)C2CC(C)(C)NC(C)(C)C2)n1. The van der Waals surface area contributed by atoms with Crippen molar-refractivity contribution in [3.63, 3.8) is 0 Å². The van der Waals surface area contributed by atoms with E-state index in [2.05, 4.69) is 107 Å². The fourth-order valence-corrected chi connectivity index (χ4v) is 8.59. The first-order chi connectivity index (χ1) is 22.9. The molecule has 2 fully saturated rings. The number of hydrogen-bond donors (Lipinski definition) is 2. The molecule has 2 aromatic rings. The molecule has 11 nitrogen and oxygen atoms in total. The smallest absolute Gasteiger partial charge is 0.238 e. The Kier molecular flexibility index (Phi) is 13.0. The number of nitrogens with one attached hydrogen (secondary N) is 2. The van der Waals surface area contributed by atoms with Crippen LogP contribution in [0.4, 0.5) is 23.8 Å². The molecule has 2 N–H and O–H groups in total. The van der Waals surface area contributed by atoms with E-state index < -0.39 is 0 Å². The fourth-order valence-electron chi connectivity index (χ4n) is 8.29. The zero-order valence-corrected chi connectivity index (χ0v) is 33.6. The molecule has 0 saturated carbocycles. The van der Waals surface area contributed by atoms with Gasteiger partial charge in [0.1, 0.15) is 0 Å². The van der Waals surface area contributed by atoms with Crippen LogP contribution >= 0.6 is 23.2 Å². The molecule has 0 unspecified atom stereocenters. The Morgan fingerprint density at radius 2 is 0.816 bits per heavy atom. The second-order valence-electron chi connectivity index (χ2n) is 16.9. The van der Waals surface area contributed by atoms with E-state index in [1.165, 1.54) is 0 Å². The topological polar surface area (TPSA) is 111 Å². The summed E-state index contributed by atoms with van der Waals surface area (Å²) in [5.41, 5.74) is -0.150. The normalized spacial score (nSPS) is 20.3. The quantitative estimate of drug-likeness (QED) is 0.186. The van der Waals surface area contributed by atoms with Gasteiger partial charge in [0.25, 0.3) is 0 Å². The molecule has 2 aromatic heterocycles. The Balaban J connectivity index is 1.78. The van der Waals surface area contributed by atoms with Crippen LogP contribution in [-0.4, -0.2) is 83.8 Å². The Hall–Kier alpha value is -2.08. The average Bonchev–Trinajstić information content (AvgIpc) is 2.94. The van der Waals surface area contributed by atoms with Crippen LogP contribution in [0.3, 0.4) is 0 Å². The number of nitrogens with zero attached hydrogens (tertiary/aromatic N) is 9. The highest BCUT2D eigenvalue weighted by Gasteiger charge is 2.42. The molecule has 276 valence electrons. The van der Waals surface area contributed by atoms with Gasteiger partial charge in [-0.1, -0.05) is 40.0 Å². The Labute approximate surface area is 306 Å². The molecule has 0 bridgehead atoms. The van der Waals surface area contributed by atoms with Crippen molar-refractivity contribution in [2.45, 2.75) is 175 Å². The van der Waals surface area contributed by atoms with Crippen molar-refractivity contribution in [3.05, 3.63) is 10.6 Å². The summed E-state index contributed by atoms with van der Waals surface area (Å²) in [6.45, 7) is 27.0. The van der Waals surface area contributed by atoms with E-state index in [0.29, 0.717) is 30.3 Å². The van der Waals surface area contributed by atoms with Crippen molar-refractivity contribution >= 4 is 47.0 Å². The maximum absolute atomic E-state index is 6.75. The van der Waals surface area contributed by atoms with Crippen LogP contribution in [0.1, 0.15) is 140 Å². The summed E-state index contributed by atoms with van der Waals surface area (Å²) in [7, 11) is 0. The van der Waals surface area contributed by atoms with Crippen LogP contribution in [0, 0.1) is 0 Å². The number of halogens is 2. The largest absolute Gasteiger partial charge is 0.338 e. The van der Waals surface area contributed by atoms with Crippen LogP contribution in [0.5, 0.6) is 0 Å². The molecule has 2 aliphatic rings. The van der Waals surface area contributed by atoms with Crippen molar-refractivity contribution in [3.8, 4) is 0 Å². The third-order valence-electron chi connectivity index (χ3n) is 9.62. The van der Waals surface area contributed by atoms with Gasteiger partial charge in [-0.3, -0.25) is 4.90 Å². The molecule has 0 spiro atoms. The van der Waals surface area contributed by atoms with E-state index in [4.69, 9.17) is 43.1 Å². The van der Waals surface area contributed by atoms with E-state index in [1.807, 2.05) is 4.90 Å². The van der Waals surface area contributed by atoms with Crippen LogP contribution < -0.4 is 25.3 Å². The van der Waals surface area contributed by atoms with Crippen molar-refractivity contribution in [2.75, 3.05) is 34.3 Å². The van der Waals surface area contributed by atoms with Crippen molar-refractivity contribution < 1.29 is 0 Å². The average molecular weight is 721 g/mol. The van der Waals surface area contributed by atoms with Gasteiger partial charge in [0.05, 0.1) is 0 Å². The zero-order chi connectivity index (χ0) is 36.2. The first kappa shape index (κ1) is 39.7. The lowest BCUT2D eigenvalue weighted by Gasteiger charge is -2.49. The maximum Gasteiger partial charge on any atom is 0.238 e. The molecule has 4 heterocycles.